The molecule has 2 amide bonds. The van der Waals surface area contributed by atoms with Crippen molar-refractivity contribution in [1.82, 2.24) is 15.3 Å². The van der Waals surface area contributed by atoms with Crippen LogP contribution in [0.3, 0.4) is 0 Å². The van der Waals surface area contributed by atoms with Crippen LogP contribution in [0.4, 0.5) is 31.0 Å². The zero-order valence-corrected chi connectivity index (χ0v) is 16.6. The molecule has 7 nitrogen and oxygen atoms in total. The van der Waals surface area contributed by atoms with Crippen LogP contribution in [-0.4, -0.2) is 42.7 Å². The number of nitrogens with zero attached hydrogens (tertiary/aromatic N) is 3. The first-order chi connectivity index (χ1) is 13.9. The first-order valence-corrected chi connectivity index (χ1v) is 9.67. The Hall–Kier alpha value is -2.97. The highest BCUT2D eigenvalue weighted by atomic mass is 19.1. The standard InChI is InChI=1S/C20H26F2N6O/c1-28(2)18-9-10-23-19(27-18)25-15-6-3-13(4-7-15)12-24-20(29)26-17-8-5-14(21)11-16(17)22/h5,8-11,13,15H,3-4,6-7,12H2,1-2H3,(H,23,25,27)(H2,24,26,29)/t13-,15+. The number of urea groups is 1. The summed E-state index contributed by atoms with van der Waals surface area (Å²) >= 11 is 0. The van der Waals surface area contributed by atoms with Crippen molar-refractivity contribution in [3.63, 3.8) is 0 Å². The van der Waals surface area contributed by atoms with Crippen LogP contribution in [-0.2, 0) is 0 Å². The molecule has 1 aromatic heterocycles. The van der Waals surface area contributed by atoms with E-state index in [-0.39, 0.29) is 5.69 Å². The highest BCUT2D eigenvalue weighted by Gasteiger charge is 2.22. The third kappa shape index (κ3) is 6.00. The summed E-state index contributed by atoms with van der Waals surface area (Å²) < 4.78 is 26.5. The van der Waals surface area contributed by atoms with E-state index in [1.54, 1.807) is 6.20 Å². The van der Waals surface area contributed by atoms with Crippen molar-refractivity contribution in [1.29, 1.82) is 0 Å². The summed E-state index contributed by atoms with van der Waals surface area (Å²) in [7, 11) is 3.87. The molecule has 0 atom stereocenters. The van der Waals surface area contributed by atoms with Crippen molar-refractivity contribution < 1.29 is 13.6 Å². The second kappa shape index (κ2) is 9.49. The Morgan fingerprint density at radius 3 is 2.62 bits per heavy atom. The molecule has 0 unspecified atom stereocenters. The maximum Gasteiger partial charge on any atom is 0.319 e. The summed E-state index contributed by atoms with van der Waals surface area (Å²) in [6, 6.07) is 4.70. The van der Waals surface area contributed by atoms with Gasteiger partial charge in [0.1, 0.15) is 17.5 Å². The Kier molecular flexibility index (Phi) is 6.79. The second-order valence-electron chi connectivity index (χ2n) is 7.45. The zero-order chi connectivity index (χ0) is 20.8. The van der Waals surface area contributed by atoms with E-state index in [1.807, 2.05) is 25.1 Å². The van der Waals surface area contributed by atoms with Gasteiger partial charge >= 0.3 is 6.03 Å². The van der Waals surface area contributed by atoms with Gasteiger partial charge in [0.05, 0.1) is 5.69 Å². The number of carbonyl (C=O) groups excluding carboxylic acids is 1. The predicted octanol–water partition coefficient (Wildman–Crippen LogP) is 3.61. The number of rotatable bonds is 6. The Bertz CT molecular complexity index is 839. The van der Waals surface area contributed by atoms with Gasteiger partial charge in [0.2, 0.25) is 5.95 Å². The molecule has 0 bridgehead atoms. The number of halogens is 2. The van der Waals surface area contributed by atoms with Crippen molar-refractivity contribution in [2.24, 2.45) is 5.92 Å². The monoisotopic (exact) mass is 404 g/mol. The summed E-state index contributed by atoms with van der Waals surface area (Å²) in [5.74, 6) is 0.346. The molecule has 1 aliphatic rings. The Labute approximate surface area is 168 Å². The molecule has 1 aliphatic carbocycles. The lowest BCUT2D eigenvalue weighted by molar-refractivity contribution is 0.246. The van der Waals surface area contributed by atoms with Gasteiger partial charge in [0.25, 0.3) is 0 Å². The van der Waals surface area contributed by atoms with Crippen LogP contribution in [0.15, 0.2) is 30.5 Å². The number of aromatic nitrogens is 2. The Morgan fingerprint density at radius 2 is 1.93 bits per heavy atom. The van der Waals surface area contributed by atoms with E-state index in [0.717, 1.165) is 43.6 Å². The minimum atomic E-state index is -0.799. The molecule has 1 aromatic carbocycles. The van der Waals surface area contributed by atoms with Gasteiger partial charge in [0.15, 0.2) is 0 Å². The highest BCUT2D eigenvalue weighted by Crippen LogP contribution is 2.26. The maximum absolute atomic E-state index is 13.6. The molecule has 1 fully saturated rings. The molecule has 1 heterocycles. The van der Waals surface area contributed by atoms with E-state index in [2.05, 4.69) is 25.9 Å². The lowest BCUT2D eigenvalue weighted by atomic mass is 9.86. The molecule has 156 valence electrons. The summed E-state index contributed by atoms with van der Waals surface area (Å²) in [5, 5.41) is 8.56. The van der Waals surface area contributed by atoms with Gasteiger partial charge in [-0.05, 0) is 49.8 Å². The van der Waals surface area contributed by atoms with E-state index in [1.165, 1.54) is 6.07 Å². The summed E-state index contributed by atoms with van der Waals surface area (Å²) in [6.07, 6.45) is 5.56. The molecule has 3 N–H and O–H groups in total. The molecule has 0 aliphatic heterocycles. The minimum absolute atomic E-state index is 0.0447. The average molecular weight is 404 g/mol. The number of anilines is 3. The van der Waals surface area contributed by atoms with Gasteiger partial charge in [-0.2, -0.15) is 4.98 Å². The van der Waals surface area contributed by atoms with Crippen LogP contribution in [0, 0.1) is 17.6 Å². The molecular formula is C20H26F2N6O. The number of hydrogen-bond donors (Lipinski definition) is 3. The molecule has 0 spiro atoms. The van der Waals surface area contributed by atoms with Crippen LogP contribution >= 0.6 is 0 Å². The zero-order valence-electron chi connectivity index (χ0n) is 16.6. The number of nitrogens with one attached hydrogen (secondary N) is 3. The first-order valence-electron chi connectivity index (χ1n) is 9.67. The van der Waals surface area contributed by atoms with Crippen LogP contribution in [0.1, 0.15) is 25.7 Å². The molecule has 29 heavy (non-hydrogen) atoms. The molecule has 3 rings (SSSR count). The van der Waals surface area contributed by atoms with E-state index < -0.39 is 17.7 Å². The second-order valence-corrected chi connectivity index (χ2v) is 7.45. The Balaban J connectivity index is 1.40. The van der Waals surface area contributed by atoms with Gasteiger partial charge < -0.3 is 20.9 Å². The minimum Gasteiger partial charge on any atom is -0.363 e. The lowest BCUT2D eigenvalue weighted by Crippen LogP contribution is -2.36. The van der Waals surface area contributed by atoms with E-state index in [0.29, 0.717) is 24.5 Å². The fraction of sp³-hybridized carbons (Fsp3) is 0.450. The van der Waals surface area contributed by atoms with Crippen LogP contribution in [0.5, 0.6) is 0 Å². The Morgan fingerprint density at radius 1 is 1.17 bits per heavy atom. The number of hydrogen-bond acceptors (Lipinski definition) is 5. The van der Waals surface area contributed by atoms with Gasteiger partial charge in [-0.25, -0.2) is 18.6 Å². The SMILES string of the molecule is CN(C)c1ccnc(N[C@H]2CC[C@@H](CNC(=O)Nc3ccc(F)cc3F)CC2)n1. The molecule has 0 radical (unpaired) electrons. The van der Waals surface area contributed by atoms with E-state index in [4.69, 9.17) is 0 Å². The topological polar surface area (TPSA) is 82.2 Å². The van der Waals surface area contributed by atoms with E-state index in [9.17, 15) is 13.6 Å². The van der Waals surface area contributed by atoms with Gasteiger partial charge in [-0.1, -0.05) is 0 Å². The van der Waals surface area contributed by atoms with Crippen LogP contribution in [0.2, 0.25) is 0 Å². The van der Waals surface area contributed by atoms with Crippen LogP contribution in [0.25, 0.3) is 0 Å². The van der Waals surface area contributed by atoms with Crippen molar-refractivity contribution in [3.05, 3.63) is 42.1 Å². The van der Waals surface area contributed by atoms with Gasteiger partial charge in [-0.15, -0.1) is 0 Å². The fourth-order valence-electron chi connectivity index (χ4n) is 3.36. The number of amides is 2. The third-order valence-corrected chi connectivity index (χ3v) is 5.01. The lowest BCUT2D eigenvalue weighted by Gasteiger charge is -2.29. The molecule has 0 saturated heterocycles. The molecule has 2 aromatic rings. The van der Waals surface area contributed by atoms with Crippen LogP contribution < -0.4 is 20.9 Å². The predicted molar refractivity (Wildman–Crippen MR) is 109 cm³/mol. The normalized spacial score (nSPS) is 18.8. The summed E-state index contributed by atoms with van der Waals surface area (Å²) in [5.41, 5.74) is -0.0447. The fourth-order valence-corrected chi connectivity index (χ4v) is 3.36. The molecule has 9 heteroatoms. The number of benzene rings is 1. The maximum atomic E-state index is 13.6. The number of carbonyl (C=O) groups is 1. The van der Waals surface area contributed by atoms with Crippen molar-refractivity contribution in [2.75, 3.05) is 36.2 Å². The first kappa shape index (κ1) is 20.8. The van der Waals surface area contributed by atoms with E-state index >= 15 is 0 Å². The van der Waals surface area contributed by atoms with Gasteiger partial charge in [-0.3, -0.25) is 0 Å². The summed E-state index contributed by atoms with van der Waals surface area (Å²) in [4.78, 5) is 22.7. The van der Waals surface area contributed by atoms with Crippen molar-refractivity contribution in [2.45, 2.75) is 31.7 Å². The highest BCUT2D eigenvalue weighted by molar-refractivity contribution is 5.89. The third-order valence-electron chi connectivity index (χ3n) is 5.01. The smallest absolute Gasteiger partial charge is 0.319 e. The summed E-state index contributed by atoms with van der Waals surface area (Å²) in [6.45, 7) is 0.508. The quantitative estimate of drug-likeness (QED) is 0.685. The molecule has 1 saturated carbocycles. The van der Waals surface area contributed by atoms with Gasteiger partial charge in [0, 0.05) is 38.9 Å². The molecular weight excluding hydrogens is 378 g/mol. The largest absolute Gasteiger partial charge is 0.363 e. The van der Waals surface area contributed by atoms with Crippen molar-refractivity contribution >= 4 is 23.5 Å². The van der Waals surface area contributed by atoms with Crippen molar-refractivity contribution in [3.8, 4) is 0 Å². The average Bonchev–Trinajstić information content (AvgIpc) is 2.70.